The van der Waals surface area contributed by atoms with E-state index in [-0.39, 0.29) is 6.01 Å². The van der Waals surface area contributed by atoms with E-state index in [2.05, 4.69) is 40.5 Å². The standard InChI is InChI=1S/C21H17N3O2/c22-21-24-23-20(26-21)13-10-15-8-11-18(12-9-15)25-14-17-6-3-5-16-4-1-2-7-19(16)17/h1-13H,14H2,(H2,22,24)/b13-10+. The monoisotopic (exact) mass is 343 g/mol. The van der Waals surface area contributed by atoms with Gasteiger partial charge < -0.3 is 14.9 Å². The molecule has 3 aromatic carbocycles. The van der Waals surface area contributed by atoms with Crippen LogP contribution in [0.4, 0.5) is 6.01 Å². The zero-order valence-electron chi connectivity index (χ0n) is 14.0. The van der Waals surface area contributed by atoms with Crippen LogP contribution in [0.25, 0.3) is 22.9 Å². The van der Waals surface area contributed by atoms with E-state index in [1.165, 1.54) is 16.3 Å². The van der Waals surface area contributed by atoms with Crippen molar-refractivity contribution in [1.82, 2.24) is 10.2 Å². The van der Waals surface area contributed by atoms with Gasteiger partial charge in [-0.1, -0.05) is 59.7 Å². The molecule has 0 aliphatic carbocycles. The van der Waals surface area contributed by atoms with Crippen LogP contribution in [0.2, 0.25) is 0 Å². The summed E-state index contributed by atoms with van der Waals surface area (Å²) in [5, 5.41) is 9.83. The Morgan fingerprint density at radius 3 is 2.50 bits per heavy atom. The van der Waals surface area contributed by atoms with Crippen LogP contribution in [-0.4, -0.2) is 10.2 Å². The number of nitrogen functional groups attached to an aromatic ring is 1. The van der Waals surface area contributed by atoms with Crippen molar-refractivity contribution in [2.45, 2.75) is 6.61 Å². The molecule has 128 valence electrons. The molecule has 0 saturated heterocycles. The van der Waals surface area contributed by atoms with E-state index in [1.807, 2.05) is 42.5 Å². The van der Waals surface area contributed by atoms with E-state index >= 15 is 0 Å². The lowest BCUT2D eigenvalue weighted by molar-refractivity contribution is 0.307. The van der Waals surface area contributed by atoms with Crippen LogP contribution in [0.15, 0.2) is 71.1 Å². The van der Waals surface area contributed by atoms with Crippen molar-refractivity contribution >= 4 is 28.9 Å². The molecule has 0 saturated carbocycles. The fourth-order valence-electron chi connectivity index (χ4n) is 2.74. The van der Waals surface area contributed by atoms with Crippen molar-refractivity contribution in [3.63, 3.8) is 0 Å². The van der Waals surface area contributed by atoms with E-state index < -0.39 is 0 Å². The maximum Gasteiger partial charge on any atom is 0.313 e. The van der Waals surface area contributed by atoms with Crippen molar-refractivity contribution in [3.8, 4) is 5.75 Å². The van der Waals surface area contributed by atoms with Crippen LogP contribution in [-0.2, 0) is 6.61 Å². The number of fused-ring (bicyclic) bond motifs is 1. The van der Waals surface area contributed by atoms with Gasteiger partial charge in [0.25, 0.3) is 0 Å². The summed E-state index contributed by atoms with van der Waals surface area (Å²) in [5.41, 5.74) is 7.56. The summed E-state index contributed by atoms with van der Waals surface area (Å²) in [5.74, 6) is 1.19. The molecule has 0 spiro atoms. The average Bonchev–Trinajstić information content (AvgIpc) is 3.11. The second-order valence-electron chi connectivity index (χ2n) is 5.81. The third-order valence-corrected chi connectivity index (χ3v) is 4.03. The number of ether oxygens (including phenoxy) is 1. The molecule has 4 aromatic rings. The summed E-state index contributed by atoms with van der Waals surface area (Å²) in [6, 6.07) is 22.4. The van der Waals surface area contributed by atoms with Gasteiger partial charge in [0.05, 0.1) is 0 Å². The number of aromatic nitrogens is 2. The Balaban J connectivity index is 1.43. The highest BCUT2D eigenvalue weighted by atomic mass is 16.5. The zero-order valence-corrected chi connectivity index (χ0v) is 14.0. The molecular formula is C21H17N3O2. The third kappa shape index (κ3) is 3.57. The largest absolute Gasteiger partial charge is 0.489 e. The lowest BCUT2D eigenvalue weighted by Gasteiger charge is -2.09. The number of hydrogen-bond donors (Lipinski definition) is 1. The van der Waals surface area contributed by atoms with Crippen LogP contribution >= 0.6 is 0 Å². The number of nitrogens with two attached hydrogens (primary N) is 1. The SMILES string of the molecule is Nc1nnc(/C=C/c2ccc(OCc3cccc4ccccc34)cc2)o1. The molecule has 5 heteroatoms. The Labute approximate surface area is 150 Å². The van der Waals surface area contributed by atoms with Gasteiger partial charge in [-0.15, -0.1) is 5.10 Å². The molecule has 1 heterocycles. The molecule has 4 rings (SSSR count). The minimum atomic E-state index is 0.0573. The molecule has 0 atom stereocenters. The first-order chi connectivity index (χ1) is 12.8. The molecule has 5 nitrogen and oxygen atoms in total. The predicted octanol–water partition coefficient (Wildman–Crippen LogP) is 4.55. The maximum atomic E-state index is 5.94. The fourth-order valence-corrected chi connectivity index (χ4v) is 2.74. The smallest absolute Gasteiger partial charge is 0.313 e. The summed E-state index contributed by atoms with van der Waals surface area (Å²) >= 11 is 0. The van der Waals surface area contributed by atoms with E-state index in [9.17, 15) is 0 Å². The van der Waals surface area contributed by atoms with Gasteiger partial charge in [-0.3, -0.25) is 0 Å². The van der Waals surface area contributed by atoms with Crippen molar-refractivity contribution in [3.05, 3.63) is 83.7 Å². The van der Waals surface area contributed by atoms with Crippen molar-refractivity contribution in [2.75, 3.05) is 5.73 Å². The minimum absolute atomic E-state index is 0.0573. The van der Waals surface area contributed by atoms with Crippen molar-refractivity contribution in [1.29, 1.82) is 0 Å². The number of hydrogen-bond acceptors (Lipinski definition) is 5. The number of rotatable bonds is 5. The van der Waals surface area contributed by atoms with Gasteiger partial charge >= 0.3 is 6.01 Å². The average molecular weight is 343 g/mol. The van der Waals surface area contributed by atoms with Gasteiger partial charge in [0, 0.05) is 6.08 Å². The normalized spacial score (nSPS) is 11.2. The van der Waals surface area contributed by atoms with Crippen LogP contribution in [0, 0.1) is 0 Å². The van der Waals surface area contributed by atoms with Gasteiger partial charge in [0.15, 0.2) is 0 Å². The molecule has 0 bridgehead atoms. The van der Waals surface area contributed by atoms with E-state index in [0.717, 1.165) is 11.3 Å². The molecule has 0 aliphatic rings. The molecule has 0 aliphatic heterocycles. The molecule has 2 N–H and O–H groups in total. The maximum absolute atomic E-state index is 5.94. The third-order valence-electron chi connectivity index (χ3n) is 4.03. The number of anilines is 1. The predicted molar refractivity (Wildman–Crippen MR) is 102 cm³/mol. The highest BCUT2D eigenvalue weighted by Gasteiger charge is 2.02. The zero-order chi connectivity index (χ0) is 17.8. The molecule has 26 heavy (non-hydrogen) atoms. The summed E-state index contributed by atoms with van der Waals surface area (Å²) in [4.78, 5) is 0. The Morgan fingerprint density at radius 1 is 0.885 bits per heavy atom. The van der Waals surface area contributed by atoms with Gasteiger partial charge in [-0.25, -0.2) is 0 Å². The summed E-state index contributed by atoms with van der Waals surface area (Å²) in [7, 11) is 0. The van der Waals surface area contributed by atoms with E-state index in [0.29, 0.717) is 12.5 Å². The van der Waals surface area contributed by atoms with E-state index in [1.54, 1.807) is 6.08 Å². The van der Waals surface area contributed by atoms with Gasteiger partial charge in [0.2, 0.25) is 5.89 Å². The molecule has 0 radical (unpaired) electrons. The Bertz CT molecular complexity index is 1050. The first-order valence-electron chi connectivity index (χ1n) is 8.24. The minimum Gasteiger partial charge on any atom is -0.489 e. The van der Waals surface area contributed by atoms with Crippen LogP contribution < -0.4 is 10.5 Å². The highest BCUT2D eigenvalue weighted by molar-refractivity contribution is 5.85. The summed E-state index contributed by atoms with van der Waals surface area (Å²) in [6.45, 7) is 0.526. The lowest BCUT2D eigenvalue weighted by atomic mass is 10.1. The summed E-state index contributed by atoms with van der Waals surface area (Å²) in [6.07, 6.45) is 3.59. The number of benzene rings is 3. The van der Waals surface area contributed by atoms with Crippen LogP contribution in [0.3, 0.4) is 0 Å². The fraction of sp³-hybridized carbons (Fsp3) is 0.0476. The molecular weight excluding hydrogens is 326 g/mol. The first-order valence-corrected chi connectivity index (χ1v) is 8.24. The Kier molecular flexibility index (Phi) is 4.35. The Hall–Kier alpha value is -3.60. The second-order valence-corrected chi connectivity index (χ2v) is 5.81. The summed E-state index contributed by atoms with van der Waals surface area (Å²) < 4.78 is 11.0. The Morgan fingerprint density at radius 2 is 1.69 bits per heavy atom. The quantitative estimate of drug-likeness (QED) is 0.575. The molecule has 1 aromatic heterocycles. The van der Waals surface area contributed by atoms with Crippen LogP contribution in [0.5, 0.6) is 5.75 Å². The van der Waals surface area contributed by atoms with Crippen molar-refractivity contribution in [2.24, 2.45) is 0 Å². The topological polar surface area (TPSA) is 74.2 Å². The number of nitrogens with zero attached hydrogens (tertiary/aromatic N) is 2. The lowest BCUT2D eigenvalue weighted by Crippen LogP contribution is -1.96. The second kappa shape index (κ2) is 7.11. The van der Waals surface area contributed by atoms with E-state index in [4.69, 9.17) is 14.9 Å². The van der Waals surface area contributed by atoms with Gasteiger partial charge in [-0.05, 0) is 40.1 Å². The molecule has 0 fully saturated rings. The molecule has 0 amide bonds. The van der Waals surface area contributed by atoms with Crippen molar-refractivity contribution < 1.29 is 9.15 Å². The van der Waals surface area contributed by atoms with Gasteiger partial charge in [0.1, 0.15) is 12.4 Å². The van der Waals surface area contributed by atoms with Crippen LogP contribution in [0.1, 0.15) is 17.0 Å². The first kappa shape index (κ1) is 15.9. The van der Waals surface area contributed by atoms with Gasteiger partial charge in [-0.2, -0.15) is 0 Å². The highest BCUT2D eigenvalue weighted by Crippen LogP contribution is 2.21. The molecule has 0 unspecified atom stereocenters.